The van der Waals surface area contributed by atoms with Crippen molar-refractivity contribution in [3.63, 3.8) is 0 Å². The Balaban J connectivity index is 2.10. The van der Waals surface area contributed by atoms with Gasteiger partial charge in [-0.05, 0) is 0 Å². The highest BCUT2D eigenvalue weighted by molar-refractivity contribution is 5.17. The van der Waals surface area contributed by atoms with Gasteiger partial charge in [-0.25, -0.2) is 0 Å². The van der Waals surface area contributed by atoms with E-state index in [1.165, 1.54) is 0 Å². The Kier molecular flexibility index (Phi) is 3.05. The maximum absolute atomic E-state index is 5.68. The molecule has 15 heavy (non-hydrogen) atoms. The average molecular weight is 202 g/mol. The van der Waals surface area contributed by atoms with Gasteiger partial charge in [0.25, 0.3) is 0 Å². The molecule has 0 aliphatic carbocycles. The first-order valence-electron chi connectivity index (χ1n) is 5.09. The second-order valence-corrected chi connectivity index (χ2v) is 3.78. The molecule has 0 amide bonds. The summed E-state index contributed by atoms with van der Waals surface area (Å²) < 4.78 is 11.3. The molecule has 78 valence electrons. The van der Waals surface area contributed by atoms with Crippen molar-refractivity contribution in [3.8, 4) is 12.3 Å². The van der Waals surface area contributed by atoms with Crippen LogP contribution >= 0.6 is 0 Å². The van der Waals surface area contributed by atoms with Gasteiger partial charge in [0.1, 0.15) is 6.10 Å². The molecular formula is C13H14O2. The Bertz CT molecular complexity index is 353. The molecule has 0 bridgehead atoms. The molecule has 0 spiro atoms. The normalized spacial score (nSPS) is 30.8. The van der Waals surface area contributed by atoms with Gasteiger partial charge in [-0.1, -0.05) is 43.2 Å². The molecule has 2 nitrogen and oxygen atoms in total. The Morgan fingerprint density at radius 3 is 2.73 bits per heavy atom. The zero-order valence-corrected chi connectivity index (χ0v) is 8.72. The van der Waals surface area contributed by atoms with Crippen LogP contribution in [0.2, 0.25) is 0 Å². The zero-order chi connectivity index (χ0) is 10.7. The zero-order valence-electron chi connectivity index (χ0n) is 8.72. The smallest absolute Gasteiger partial charge is 0.185 e. The molecule has 1 fully saturated rings. The molecule has 1 saturated heterocycles. The third-order valence-electron chi connectivity index (χ3n) is 2.53. The van der Waals surface area contributed by atoms with E-state index in [4.69, 9.17) is 15.9 Å². The minimum absolute atomic E-state index is 0.149. The van der Waals surface area contributed by atoms with Crippen molar-refractivity contribution in [1.29, 1.82) is 0 Å². The highest BCUT2D eigenvalue weighted by atomic mass is 16.7. The summed E-state index contributed by atoms with van der Waals surface area (Å²) in [5.41, 5.74) is 1.02. The number of terminal acetylenes is 1. The molecule has 2 heteroatoms. The summed E-state index contributed by atoms with van der Waals surface area (Å²) in [5, 5.41) is 0. The molecule has 0 radical (unpaired) electrons. The fraction of sp³-hybridized carbons (Fsp3) is 0.385. The Morgan fingerprint density at radius 2 is 2.07 bits per heavy atom. The van der Waals surface area contributed by atoms with Crippen LogP contribution in [0.25, 0.3) is 0 Å². The van der Waals surface area contributed by atoms with E-state index in [1.807, 2.05) is 37.3 Å². The third kappa shape index (κ3) is 2.20. The number of rotatable bonds is 1. The third-order valence-corrected chi connectivity index (χ3v) is 2.53. The lowest BCUT2D eigenvalue weighted by atomic mass is 10.1. The second kappa shape index (κ2) is 4.48. The van der Waals surface area contributed by atoms with Crippen LogP contribution in [0.4, 0.5) is 0 Å². The fourth-order valence-electron chi connectivity index (χ4n) is 1.62. The van der Waals surface area contributed by atoms with E-state index >= 15 is 0 Å². The van der Waals surface area contributed by atoms with E-state index in [9.17, 15) is 0 Å². The second-order valence-electron chi connectivity index (χ2n) is 3.78. The van der Waals surface area contributed by atoms with Crippen LogP contribution in [0.15, 0.2) is 30.3 Å². The molecule has 1 heterocycles. The van der Waals surface area contributed by atoms with Gasteiger partial charge in [-0.15, -0.1) is 6.42 Å². The van der Waals surface area contributed by atoms with E-state index in [1.54, 1.807) is 0 Å². The van der Waals surface area contributed by atoms with Crippen molar-refractivity contribution in [3.05, 3.63) is 35.9 Å². The van der Waals surface area contributed by atoms with E-state index < -0.39 is 0 Å². The highest BCUT2D eigenvalue weighted by Crippen LogP contribution is 2.28. The summed E-state index contributed by atoms with van der Waals surface area (Å²) in [6.07, 6.45) is 4.94. The Hall–Kier alpha value is -1.30. The summed E-state index contributed by atoms with van der Waals surface area (Å²) in [4.78, 5) is 0. The lowest BCUT2D eigenvalue weighted by molar-refractivity contribution is -0.222. The van der Waals surface area contributed by atoms with Crippen molar-refractivity contribution in [2.45, 2.75) is 19.3 Å². The van der Waals surface area contributed by atoms with Gasteiger partial charge in [0.2, 0.25) is 0 Å². The first-order chi connectivity index (χ1) is 7.31. The minimum Gasteiger partial charge on any atom is -0.348 e. The van der Waals surface area contributed by atoms with Crippen LogP contribution in [0, 0.1) is 18.3 Å². The maximum Gasteiger partial charge on any atom is 0.185 e. The molecule has 1 aromatic carbocycles. The molecule has 2 rings (SSSR count). The molecular weight excluding hydrogens is 188 g/mol. The van der Waals surface area contributed by atoms with Crippen molar-refractivity contribution in [1.82, 2.24) is 0 Å². The summed E-state index contributed by atoms with van der Waals surface area (Å²) in [6.45, 7) is 2.68. The molecule has 0 unspecified atom stereocenters. The van der Waals surface area contributed by atoms with Gasteiger partial charge < -0.3 is 9.47 Å². The summed E-state index contributed by atoms with van der Waals surface area (Å²) in [7, 11) is 0. The quantitative estimate of drug-likeness (QED) is 0.651. The van der Waals surface area contributed by atoms with E-state index in [0.29, 0.717) is 6.61 Å². The molecule has 3 atom stereocenters. The van der Waals surface area contributed by atoms with Crippen LogP contribution in [0.5, 0.6) is 0 Å². The number of ether oxygens (including phenoxy) is 2. The largest absolute Gasteiger partial charge is 0.348 e. The standard InChI is InChI=1S/C13H14O2/c1-3-12-10(2)9-14-13(15-12)11-7-5-4-6-8-11/h1,4-8,10,12-13H,9H2,2H3/t10-,12+,13-/m1/s1. The van der Waals surface area contributed by atoms with Gasteiger partial charge in [0, 0.05) is 11.5 Å². The molecule has 0 N–H and O–H groups in total. The first kappa shape index (κ1) is 10.2. The van der Waals surface area contributed by atoms with E-state index in [0.717, 1.165) is 5.56 Å². The van der Waals surface area contributed by atoms with Crippen molar-refractivity contribution in [2.24, 2.45) is 5.92 Å². The lowest BCUT2D eigenvalue weighted by Gasteiger charge is -2.32. The molecule has 1 aliphatic rings. The van der Waals surface area contributed by atoms with Gasteiger partial charge in [0.15, 0.2) is 6.29 Å². The monoisotopic (exact) mass is 202 g/mol. The number of hydrogen-bond acceptors (Lipinski definition) is 2. The van der Waals surface area contributed by atoms with Gasteiger partial charge in [-0.2, -0.15) is 0 Å². The van der Waals surface area contributed by atoms with Gasteiger partial charge >= 0.3 is 0 Å². The maximum atomic E-state index is 5.68. The van der Waals surface area contributed by atoms with Crippen molar-refractivity contribution < 1.29 is 9.47 Å². The minimum atomic E-state index is -0.316. The highest BCUT2D eigenvalue weighted by Gasteiger charge is 2.28. The first-order valence-corrected chi connectivity index (χ1v) is 5.09. The Labute approximate surface area is 90.2 Å². The summed E-state index contributed by atoms with van der Waals surface area (Å²) in [6, 6.07) is 9.85. The molecule has 0 aromatic heterocycles. The molecule has 1 aliphatic heterocycles. The van der Waals surface area contributed by atoms with E-state index in [2.05, 4.69) is 5.92 Å². The predicted octanol–water partition coefficient (Wildman–Crippen LogP) is 2.37. The SMILES string of the molecule is C#C[C@@H]1O[C@H](c2ccccc2)OC[C@H]1C. The summed E-state index contributed by atoms with van der Waals surface area (Å²) >= 11 is 0. The Morgan fingerprint density at radius 1 is 1.33 bits per heavy atom. The van der Waals surface area contributed by atoms with Crippen LogP contribution in [0.1, 0.15) is 18.8 Å². The lowest BCUT2D eigenvalue weighted by Crippen LogP contribution is -2.33. The predicted molar refractivity (Wildman–Crippen MR) is 58.0 cm³/mol. The molecule has 0 saturated carbocycles. The van der Waals surface area contributed by atoms with Crippen molar-refractivity contribution >= 4 is 0 Å². The number of benzene rings is 1. The van der Waals surface area contributed by atoms with Gasteiger partial charge in [-0.3, -0.25) is 0 Å². The van der Waals surface area contributed by atoms with Crippen LogP contribution in [0.3, 0.4) is 0 Å². The van der Waals surface area contributed by atoms with Crippen LogP contribution < -0.4 is 0 Å². The number of hydrogen-bond donors (Lipinski definition) is 0. The summed E-state index contributed by atoms with van der Waals surface area (Å²) in [5.74, 6) is 2.91. The van der Waals surface area contributed by atoms with Crippen molar-refractivity contribution in [2.75, 3.05) is 6.61 Å². The van der Waals surface area contributed by atoms with Crippen LogP contribution in [-0.2, 0) is 9.47 Å². The van der Waals surface area contributed by atoms with Crippen LogP contribution in [-0.4, -0.2) is 12.7 Å². The molecule has 1 aromatic rings. The van der Waals surface area contributed by atoms with Gasteiger partial charge in [0.05, 0.1) is 6.61 Å². The van der Waals surface area contributed by atoms with E-state index in [-0.39, 0.29) is 18.3 Å². The topological polar surface area (TPSA) is 18.5 Å². The average Bonchev–Trinajstić information content (AvgIpc) is 2.31. The fourth-order valence-corrected chi connectivity index (χ4v) is 1.62.